The molecule has 0 spiro atoms. The SMILES string of the molecule is CC(C)(C[O])C(=O)N1CCCCC1. The molecule has 0 aliphatic carbocycles. The summed E-state index contributed by atoms with van der Waals surface area (Å²) in [5.41, 5.74) is -0.711. The molecule has 0 atom stereocenters. The lowest BCUT2D eigenvalue weighted by Crippen LogP contribution is -2.44. The average molecular weight is 184 g/mol. The lowest BCUT2D eigenvalue weighted by Gasteiger charge is -2.32. The van der Waals surface area contributed by atoms with E-state index in [1.54, 1.807) is 13.8 Å². The molecule has 1 heterocycles. The summed E-state index contributed by atoms with van der Waals surface area (Å²) in [6.45, 7) is 4.82. The van der Waals surface area contributed by atoms with Gasteiger partial charge in [-0.1, -0.05) is 0 Å². The molecular weight excluding hydrogens is 166 g/mol. The van der Waals surface area contributed by atoms with E-state index in [1.165, 1.54) is 6.42 Å². The Balaban J connectivity index is 2.55. The molecule has 0 bridgehead atoms. The normalized spacial score (nSPS) is 18.8. The maximum Gasteiger partial charge on any atom is 0.230 e. The molecule has 1 rings (SSSR count). The van der Waals surface area contributed by atoms with Gasteiger partial charge in [-0.05, 0) is 33.1 Å². The first-order valence-corrected chi connectivity index (χ1v) is 4.95. The molecule has 3 heteroatoms. The van der Waals surface area contributed by atoms with E-state index in [1.807, 2.05) is 4.90 Å². The van der Waals surface area contributed by atoms with Crippen LogP contribution >= 0.6 is 0 Å². The van der Waals surface area contributed by atoms with Crippen molar-refractivity contribution in [3.8, 4) is 0 Å². The van der Waals surface area contributed by atoms with Gasteiger partial charge >= 0.3 is 0 Å². The predicted molar refractivity (Wildman–Crippen MR) is 49.8 cm³/mol. The maximum absolute atomic E-state index is 11.8. The van der Waals surface area contributed by atoms with Gasteiger partial charge in [0.25, 0.3) is 0 Å². The molecule has 0 unspecified atom stereocenters. The van der Waals surface area contributed by atoms with Gasteiger partial charge in [0.2, 0.25) is 5.91 Å². The number of hydrogen-bond acceptors (Lipinski definition) is 1. The van der Waals surface area contributed by atoms with Gasteiger partial charge in [0.05, 0.1) is 12.0 Å². The van der Waals surface area contributed by atoms with Crippen molar-refractivity contribution >= 4 is 5.91 Å². The lowest BCUT2D eigenvalue weighted by molar-refractivity contribution is -0.144. The van der Waals surface area contributed by atoms with Crippen molar-refractivity contribution in [1.82, 2.24) is 4.90 Å². The Bertz CT molecular complexity index is 183. The van der Waals surface area contributed by atoms with Crippen LogP contribution in [0.15, 0.2) is 0 Å². The Labute approximate surface area is 79.7 Å². The smallest absolute Gasteiger partial charge is 0.230 e. The molecule has 13 heavy (non-hydrogen) atoms. The van der Waals surface area contributed by atoms with E-state index in [4.69, 9.17) is 0 Å². The van der Waals surface area contributed by atoms with Crippen LogP contribution in [-0.4, -0.2) is 30.5 Å². The second-order valence-corrected chi connectivity index (χ2v) is 4.38. The van der Waals surface area contributed by atoms with Crippen LogP contribution < -0.4 is 0 Å². The highest BCUT2D eigenvalue weighted by Gasteiger charge is 2.32. The topological polar surface area (TPSA) is 40.2 Å². The molecule has 1 saturated heterocycles. The number of hydrogen-bond donors (Lipinski definition) is 0. The van der Waals surface area contributed by atoms with Gasteiger partial charge in [0.15, 0.2) is 0 Å². The first-order valence-electron chi connectivity index (χ1n) is 4.95. The molecular formula is C10H18NO2. The van der Waals surface area contributed by atoms with Gasteiger partial charge in [-0.15, -0.1) is 0 Å². The summed E-state index contributed by atoms with van der Waals surface area (Å²) in [4.78, 5) is 13.6. The van der Waals surface area contributed by atoms with Gasteiger partial charge in [-0.25, -0.2) is 5.11 Å². The number of amides is 1. The van der Waals surface area contributed by atoms with E-state index in [0.29, 0.717) is 0 Å². The summed E-state index contributed by atoms with van der Waals surface area (Å²) in [6.07, 6.45) is 3.38. The van der Waals surface area contributed by atoms with E-state index in [9.17, 15) is 9.90 Å². The Hall–Kier alpha value is -0.570. The van der Waals surface area contributed by atoms with Crippen LogP contribution in [0.2, 0.25) is 0 Å². The third-order valence-electron chi connectivity index (χ3n) is 2.58. The lowest BCUT2D eigenvalue weighted by atomic mass is 9.92. The fourth-order valence-corrected chi connectivity index (χ4v) is 1.59. The fourth-order valence-electron chi connectivity index (χ4n) is 1.59. The van der Waals surface area contributed by atoms with E-state index >= 15 is 0 Å². The minimum atomic E-state index is -0.711. The molecule has 1 aliphatic heterocycles. The highest BCUT2D eigenvalue weighted by molar-refractivity contribution is 5.82. The molecule has 1 aliphatic rings. The Morgan fingerprint density at radius 2 is 1.77 bits per heavy atom. The van der Waals surface area contributed by atoms with E-state index in [2.05, 4.69) is 0 Å². The Kier molecular flexibility index (Phi) is 3.31. The third-order valence-corrected chi connectivity index (χ3v) is 2.58. The minimum Gasteiger partial charge on any atom is -0.342 e. The summed E-state index contributed by atoms with van der Waals surface area (Å²) in [5, 5.41) is 10.8. The van der Waals surface area contributed by atoms with Gasteiger partial charge in [-0.3, -0.25) is 4.79 Å². The Morgan fingerprint density at radius 3 is 2.23 bits per heavy atom. The molecule has 1 radical (unpaired) electrons. The van der Waals surface area contributed by atoms with Crippen LogP contribution in [0.1, 0.15) is 33.1 Å². The molecule has 0 aromatic rings. The molecule has 3 nitrogen and oxygen atoms in total. The molecule has 0 saturated carbocycles. The highest BCUT2D eigenvalue weighted by Crippen LogP contribution is 2.20. The quantitative estimate of drug-likeness (QED) is 0.640. The van der Waals surface area contributed by atoms with Crippen LogP contribution in [-0.2, 0) is 9.90 Å². The van der Waals surface area contributed by atoms with Crippen LogP contribution in [0.4, 0.5) is 0 Å². The van der Waals surface area contributed by atoms with Crippen LogP contribution in [0.25, 0.3) is 0 Å². The second-order valence-electron chi connectivity index (χ2n) is 4.38. The standard InChI is InChI=1S/C10H18NO2/c1-10(2,8-12)9(13)11-6-4-3-5-7-11/h3-8H2,1-2H3. The zero-order valence-electron chi connectivity index (χ0n) is 8.51. The van der Waals surface area contributed by atoms with Crippen molar-refractivity contribution in [2.75, 3.05) is 19.7 Å². The summed E-state index contributed by atoms with van der Waals surface area (Å²) >= 11 is 0. The molecule has 0 aromatic heterocycles. The number of nitrogens with zero attached hydrogens (tertiary/aromatic N) is 1. The number of rotatable bonds is 2. The first-order chi connectivity index (χ1) is 6.08. The van der Waals surface area contributed by atoms with Crippen molar-refractivity contribution < 1.29 is 9.90 Å². The first kappa shape index (κ1) is 10.5. The molecule has 0 N–H and O–H groups in total. The van der Waals surface area contributed by atoms with Gasteiger partial charge in [-0.2, -0.15) is 0 Å². The molecule has 1 amide bonds. The summed E-state index contributed by atoms with van der Waals surface area (Å²) in [6, 6.07) is 0. The van der Waals surface area contributed by atoms with Crippen molar-refractivity contribution in [2.24, 2.45) is 5.41 Å². The number of carbonyl (C=O) groups is 1. The fraction of sp³-hybridized carbons (Fsp3) is 0.900. The second kappa shape index (κ2) is 4.09. The Morgan fingerprint density at radius 1 is 1.23 bits per heavy atom. The third kappa shape index (κ3) is 2.44. The van der Waals surface area contributed by atoms with Gasteiger partial charge in [0.1, 0.15) is 0 Å². The summed E-state index contributed by atoms with van der Waals surface area (Å²) in [5.74, 6) is 0.0298. The monoisotopic (exact) mass is 184 g/mol. The minimum absolute atomic E-state index is 0.0298. The van der Waals surface area contributed by atoms with E-state index < -0.39 is 5.41 Å². The van der Waals surface area contributed by atoms with Gasteiger partial charge in [0, 0.05) is 13.1 Å². The zero-order chi connectivity index (χ0) is 9.90. The molecule has 75 valence electrons. The summed E-state index contributed by atoms with van der Waals surface area (Å²) < 4.78 is 0. The number of carbonyl (C=O) groups excluding carboxylic acids is 1. The van der Waals surface area contributed by atoms with Gasteiger partial charge < -0.3 is 4.90 Å². The predicted octanol–water partition coefficient (Wildman–Crippen LogP) is 1.46. The van der Waals surface area contributed by atoms with Crippen LogP contribution in [0, 0.1) is 5.41 Å². The molecule has 1 fully saturated rings. The van der Waals surface area contributed by atoms with Crippen molar-refractivity contribution in [3.63, 3.8) is 0 Å². The number of piperidine rings is 1. The van der Waals surface area contributed by atoms with Crippen LogP contribution in [0.3, 0.4) is 0 Å². The zero-order valence-corrected chi connectivity index (χ0v) is 8.51. The largest absolute Gasteiger partial charge is 0.342 e. The maximum atomic E-state index is 11.8. The van der Waals surface area contributed by atoms with Crippen molar-refractivity contribution in [1.29, 1.82) is 0 Å². The molecule has 0 aromatic carbocycles. The summed E-state index contributed by atoms with van der Waals surface area (Å²) in [7, 11) is 0. The average Bonchev–Trinajstić information content (AvgIpc) is 2.18. The van der Waals surface area contributed by atoms with Crippen molar-refractivity contribution in [2.45, 2.75) is 33.1 Å². The highest BCUT2D eigenvalue weighted by atomic mass is 16.3. The van der Waals surface area contributed by atoms with Crippen LogP contribution in [0.5, 0.6) is 0 Å². The van der Waals surface area contributed by atoms with Crippen molar-refractivity contribution in [3.05, 3.63) is 0 Å². The van der Waals surface area contributed by atoms with E-state index in [-0.39, 0.29) is 12.5 Å². The number of likely N-dealkylation sites (tertiary alicyclic amines) is 1. The van der Waals surface area contributed by atoms with E-state index in [0.717, 1.165) is 25.9 Å².